The van der Waals surface area contributed by atoms with Gasteiger partial charge in [0.1, 0.15) is 6.10 Å². The van der Waals surface area contributed by atoms with E-state index in [1.54, 1.807) is 18.5 Å². The zero-order valence-corrected chi connectivity index (χ0v) is 12.7. The SMILES string of the molecule is C=C(c1ccc(C)c(C(F)(F)F)c1)N1CCOC2CC=NC=C21. The first-order chi connectivity index (χ1) is 10.9. The average molecular weight is 322 g/mol. The maximum absolute atomic E-state index is 13.1. The van der Waals surface area contributed by atoms with Crippen LogP contribution >= 0.6 is 0 Å². The van der Waals surface area contributed by atoms with Gasteiger partial charge in [0, 0.05) is 31.1 Å². The van der Waals surface area contributed by atoms with Gasteiger partial charge in [0.15, 0.2) is 0 Å². The lowest BCUT2D eigenvalue weighted by Crippen LogP contribution is -2.40. The summed E-state index contributed by atoms with van der Waals surface area (Å²) in [6, 6.07) is 4.31. The molecule has 1 atom stereocenters. The highest BCUT2D eigenvalue weighted by molar-refractivity contribution is 5.67. The molecule has 0 radical (unpaired) electrons. The predicted molar refractivity (Wildman–Crippen MR) is 82.9 cm³/mol. The normalized spacial score (nSPS) is 21.0. The van der Waals surface area contributed by atoms with Gasteiger partial charge in [-0.15, -0.1) is 0 Å². The molecule has 0 aliphatic carbocycles. The van der Waals surface area contributed by atoms with Gasteiger partial charge >= 0.3 is 6.18 Å². The first-order valence-corrected chi connectivity index (χ1v) is 7.36. The van der Waals surface area contributed by atoms with Crippen molar-refractivity contribution in [2.24, 2.45) is 4.99 Å². The number of rotatable bonds is 2. The molecule has 122 valence electrons. The highest BCUT2D eigenvalue weighted by Gasteiger charge is 2.34. The summed E-state index contributed by atoms with van der Waals surface area (Å²) >= 11 is 0. The number of halogens is 3. The number of morpholine rings is 1. The van der Waals surface area contributed by atoms with Crippen LogP contribution in [0.4, 0.5) is 13.2 Å². The Morgan fingerprint density at radius 1 is 1.39 bits per heavy atom. The molecule has 1 unspecified atom stereocenters. The summed E-state index contributed by atoms with van der Waals surface area (Å²) in [6.07, 6.45) is -0.351. The van der Waals surface area contributed by atoms with E-state index in [4.69, 9.17) is 4.74 Å². The van der Waals surface area contributed by atoms with Crippen molar-refractivity contribution < 1.29 is 17.9 Å². The first kappa shape index (κ1) is 15.8. The van der Waals surface area contributed by atoms with Crippen LogP contribution in [0.3, 0.4) is 0 Å². The van der Waals surface area contributed by atoms with Crippen LogP contribution in [-0.4, -0.2) is 30.4 Å². The second-order valence-corrected chi connectivity index (χ2v) is 5.61. The molecule has 1 saturated heterocycles. The Morgan fingerprint density at radius 2 is 2.17 bits per heavy atom. The Kier molecular flexibility index (Phi) is 4.02. The van der Waals surface area contributed by atoms with Crippen LogP contribution in [0.2, 0.25) is 0 Å². The molecule has 0 saturated carbocycles. The fourth-order valence-corrected chi connectivity index (χ4v) is 2.86. The van der Waals surface area contributed by atoms with Gasteiger partial charge in [-0.2, -0.15) is 13.2 Å². The molecule has 23 heavy (non-hydrogen) atoms. The number of fused-ring (bicyclic) bond motifs is 1. The number of ether oxygens (including phenoxy) is 1. The van der Waals surface area contributed by atoms with Gasteiger partial charge in [-0.1, -0.05) is 18.7 Å². The van der Waals surface area contributed by atoms with Crippen molar-refractivity contribution in [1.82, 2.24) is 4.90 Å². The predicted octanol–water partition coefficient (Wildman–Crippen LogP) is 4.00. The van der Waals surface area contributed by atoms with Gasteiger partial charge < -0.3 is 9.64 Å². The third-order valence-corrected chi connectivity index (χ3v) is 4.11. The summed E-state index contributed by atoms with van der Waals surface area (Å²) < 4.78 is 45.0. The molecular weight excluding hydrogens is 305 g/mol. The number of alkyl halides is 3. The van der Waals surface area contributed by atoms with Crippen molar-refractivity contribution in [3.8, 4) is 0 Å². The number of hydrogen-bond donors (Lipinski definition) is 0. The Balaban J connectivity index is 1.94. The number of benzene rings is 1. The smallest absolute Gasteiger partial charge is 0.370 e. The standard InChI is InChI=1S/C17H17F3N2O/c1-11-3-4-13(9-14(11)17(18,19)20)12(2)22-7-8-23-16-5-6-21-10-15(16)22/h3-4,6,9-10,16H,2,5,7-8H2,1H3. The fourth-order valence-electron chi connectivity index (χ4n) is 2.86. The lowest BCUT2D eigenvalue weighted by atomic mass is 10.0. The summed E-state index contributed by atoms with van der Waals surface area (Å²) in [5.74, 6) is 0. The monoisotopic (exact) mass is 322 g/mol. The minimum Gasteiger partial charge on any atom is -0.370 e. The topological polar surface area (TPSA) is 24.8 Å². The van der Waals surface area contributed by atoms with Crippen molar-refractivity contribution >= 4 is 11.9 Å². The van der Waals surface area contributed by atoms with Gasteiger partial charge in [0.2, 0.25) is 0 Å². The number of hydrogen-bond acceptors (Lipinski definition) is 3. The van der Waals surface area contributed by atoms with Crippen molar-refractivity contribution in [2.75, 3.05) is 13.2 Å². The molecule has 1 fully saturated rings. The van der Waals surface area contributed by atoms with E-state index in [1.165, 1.54) is 13.0 Å². The molecule has 0 bridgehead atoms. The number of aryl methyl sites for hydroxylation is 1. The summed E-state index contributed by atoms with van der Waals surface area (Å²) in [7, 11) is 0. The van der Waals surface area contributed by atoms with Gasteiger partial charge in [-0.3, -0.25) is 4.99 Å². The van der Waals surface area contributed by atoms with E-state index in [9.17, 15) is 13.2 Å². The summed E-state index contributed by atoms with van der Waals surface area (Å²) in [5.41, 5.74) is 1.41. The van der Waals surface area contributed by atoms with Crippen LogP contribution in [0.5, 0.6) is 0 Å². The van der Waals surface area contributed by atoms with Crippen molar-refractivity contribution in [1.29, 1.82) is 0 Å². The first-order valence-electron chi connectivity index (χ1n) is 7.36. The maximum atomic E-state index is 13.1. The minimum atomic E-state index is -4.37. The van der Waals surface area contributed by atoms with E-state index in [1.807, 2.05) is 4.90 Å². The maximum Gasteiger partial charge on any atom is 0.416 e. The Bertz CT molecular complexity index is 692. The van der Waals surface area contributed by atoms with Crippen LogP contribution in [-0.2, 0) is 10.9 Å². The molecule has 1 aromatic carbocycles. The van der Waals surface area contributed by atoms with E-state index >= 15 is 0 Å². The highest BCUT2D eigenvalue weighted by atomic mass is 19.4. The van der Waals surface area contributed by atoms with E-state index in [-0.39, 0.29) is 11.7 Å². The molecule has 1 aromatic rings. The Morgan fingerprint density at radius 3 is 2.91 bits per heavy atom. The highest BCUT2D eigenvalue weighted by Crippen LogP contribution is 2.35. The molecule has 2 heterocycles. The summed E-state index contributed by atoms with van der Waals surface area (Å²) in [6.45, 7) is 6.51. The lowest BCUT2D eigenvalue weighted by Gasteiger charge is -2.38. The summed E-state index contributed by atoms with van der Waals surface area (Å²) in [5, 5.41) is 0. The average Bonchev–Trinajstić information content (AvgIpc) is 2.53. The molecule has 3 nitrogen and oxygen atoms in total. The van der Waals surface area contributed by atoms with Crippen molar-refractivity contribution in [3.63, 3.8) is 0 Å². The summed E-state index contributed by atoms with van der Waals surface area (Å²) in [4.78, 5) is 6.03. The van der Waals surface area contributed by atoms with E-state index in [2.05, 4.69) is 11.6 Å². The molecule has 0 spiro atoms. The van der Waals surface area contributed by atoms with Crippen LogP contribution in [0.1, 0.15) is 23.1 Å². The quantitative estimate of drug-likeness (QED) is 0.822. The second kappa shape index (κ2) is 5.85. The minimum absolute atomic E-state index is 0.106. The molecule has 2 aliphatic rings. The van der Waals surface area contributed by atoms with Gasteiger partial charge in [-0.25, -0.2) is 0 Å². The zero-order valence-electron chi connectivity index (χ0n) is 12.7. The molecule has 3 rings (SSSR count). The van der Waals surface area contributed by atoms with Gasteiger partial charge in [0.05, 0.1) is 17.9 Å². The van der Waals surface area contributed by atoms with E-state index < -0.39 is 11.7 Å². The zero-order chi connectivity index (χ0) is 16.6. The van der Waals surface area contributed by atoms with Crippen LogP contribution < -0.4 is 0 Å². The van der Waals surface area contributed by atoms with Crippen LogP contribution in [0, 0.1) is 6.92 Å². The number of nitrogens with zero attached hydrogens (tertiary/aromatic N) is 2. The molecule has 2 aliphatic heterocycles. The third kappa shape index (κ3) is 3.03. The molecule has 6 heteroatoms. The van der Waals surface area contributed by atoms with Crippen LogP contribution in [0.15, 0.2) is 41.7 Å². The molecular formula is C17H17F3N2O. The lowest BCUT2D eigenvalue weighted by molar-refractivity contribution is -0.138. The van der Waals surface area contributed by atoms with Crippen molar-refractivity contribution in [3.05, 3.63) is 53.4 Å². The second-order valence-electron chi connectivity index (χ2n) is 5.61. The molecule has 0 N–H and O–H groups in total. The van der Waals surface area contributed by atoms with Gasteiger partial charge in [0.25, 0.3) is 0 Å². The number of aliphatic imine (C=N–C) groups is 1. The molecule has 0 amide bonds. The Hall–Kier alpha value is -2.08. The molecule has 0 aromatic heterocycles. The van der Waals surface area contributed by atoms with E-state index in [0.29, 0.717) is 30.8 Å². The fraction of sp³-hybridized carbons (Fsp3) is 0.353. The van der Waals surface area contributed by atoms with Crippen molar-refractivity contribution in [2.45, 2.75) is 25.6 Å². The van der Waals surface area contributed by atoms with Crippen LogP contribution in [0.25, 0.3) is 5.70 Å². The van der Waals surface area contributed by atoms with Gasteiger partial charge in [-0.05, 0) is 24.1 Å². The largest absolute Gasteiger partial charge is 0.416 e. The Labute approximate surface area is 132 Å². The third-order valence-electron chi connectivity index (χ3n) is 4.11. The van der Waals surface area contributed by atoms with E-state index in [0.717, 1.165) is 11.8 Å².